The van der Waals surface area contributed by atoms with E-state index in [2.05, 4.69) is 10.3 Å². The van der Waals surface area contributed by atoms with Crippen LogP contribution in [0.5, 0.6) is 11.5 Å². The normalized spacial score (nSPS) is 10.8. The molecular formula is C20H21FN2O3. The van der Waals surface area contributed by atoms with Gasteiger partial charge in [-0.1, -0.05) is 0 Å². The number of ether oxygens (including phenoxy) is 2. The zero-order valence-electron chi connectivity index (χ0n) is 15.0. The van der Waals surface area contributed by atoms with Crippen molar-refractivity contribution in [2.45, 2.75) is 13.3 Å². The standard InChI is InChI=1S/C20H21FN2O3/c1-12(24)22-9-8-15-16-11-14(25-2)5-6-18(16)23-20(15)17-10-13(21)4-7-19(17)26-3/h4-7,10-11,23H,8-9H2,1-3H3,(H,22,24). The Labute approximate surface area is 151 Å². The monoisotopic (exact) mass is 356 g/mol. The van der Waals surface area contributed by atoms with Gasteiger partial charge in [0.25, 0.3) is 0 Å². The van der Waals surface area contributed by atoms with E-state index in [1.807, 2.05) is 18.2 Å². The van der Waals surface area contributed by atoms with E-state index in [9.17, 15) is 9.18 Å². The van der Waals surface area contributed by atoms with Crippen LogP contribution in [0.2, 0.25) is 0 Å². The van der Waals surface area contributed by atoms with Crippen molar-refractivity contribution in [3.8, 4) is 22.8 Å². The van der Waals surface area contributed by atoms with E-state index < -0.39 is 0 Å². The molecule has 0 aliphatic heterocycles. The second-order valence-electron chi connectivity index (χ2n) is 5.97. The highest BCUT2D eigenvalue weighted by Crippen LogP contribution is 2.37. The first-order valence-corrected chi connectivity index (χ1v) is 8.30. The Balaban J connectivity index is 2.17. The first-order chi connectivity index (χ1) is 12.5. The van der Waals surface area contributed by atoms with Crippen molar-refractivity contribution in [2.75, 3.05) is 20.8 Å². The van der Waals surface area contributed by atoms with Crippen LogP contribution in [0.4, 0.5) is 4.39 Å². The van der Waals surface area contributed by atoms with E-state index >= 15 is 0 Å². The number of carbonyl (C=O) groups is 1. The summed E-state index contributed by atoms with van der Waals surface area (Å²) in [5.74, 6) is 0.873. The summed E-state index contributed by atoms with van der Waals surface area (Å²) >= 11 is 0. The fourth-order valence-corrected chi connectivity index (χ4v) is 3.08. The number of aromatic amines is 1. The maximum absolute atomic E-state index is 13.9. The summed E-state index contributed by atoms with van der Waals surface area (Å²) in [7, 11) is 3.17. The van der Waals surface area contributed by atoms with E-state index in [1.165, 1.54) is 19.1 Å². The maximum Gasteiger partial charge on any atom is 0.216 e. The molecule has 0 spiro atoms. The van der Waals surface area contributed by atoms with Crippen molar-refractivity contribution in [3.63, 3.8) is 0 Å². The van der Waals surface area contributed by atoms with Gasteiger partial charge in [-0.2, -0.15) is 0 Å². The number of nitrogens with one attached hydrogen (secondary N) is 2. The molecule has 0 unspecified atom stereocenters. The van der Waals surface area contributed by atoms with Crippen LogP contribution in [0.25, 0.3) is 22.2 Å². The largest absolute Gasteiger partial charge is 0.497 e. The van der Waals surface area contributed by atoms with Gasteiger partial charge in [0.2, 0.25) is 5.91 Å². The summed E-state index contributed by atoms with van der Waals surface area (Å²) in [6.45, 7) is 1.96. The predicted octanol–water partition coefficient (Wildman–Crippen LogP) is 3.67. The Bertz CT molecular complexity index is 950. The number of amides is 1. The highest BCUT2D eigenvalue weighted by Gasteiger charge is 2.17. The molecule has 0 saturated heterocycles. The smallest absolute Gasteiger partial charge is 0.216 e. The average molecular weight is 356 g/mol. The Morgan fingerprint density at radius 2 is 1.96 bits per heavy atom. The van der Waals surface area contributed by atoms with Gasteiger partial charge in [-0.05, 0) is 48.4 Å². The average Bonchev–Trinajstić information content (AvgIpc) is 2.99. The molecule has 3 rings (SSSR count). The maximum atomic E-state index is 13.9. The van der Waals surface area contributed by atoms with E-state index in [4.69, 9.17) is 9.47 Å². The zero-order valence-corrected chi connectivity index (χ0v) is 15.0. The molecule has 5 nitrogen and oxygen atoms in total. The Kier molecular flexibility index (Phi) is 5.11. The molecule has 136 valence electrons. The van der Waals surface area contributed by atoms with Gasteiger partial charge in [-0.25, -0.2) is 4.39 Å². The summed E-state index contributed by atoms with van der Waals surface area (Å²) in [5.41, 5.74) is 3.29. The molecule has 0 bridgehead atoms. The lowest BCUT2D eigenvalue weighted by molar-refractivity contribution is -0.118. The minimum Gasteiger partial charge on any atom is -0.497 e. The number of H-pyrrole nitrogens is 1. The van der Waals surface area contributed by atoms with E-state index in [1.54, 1.807) is 20.3 Å². The topological polar surface area (TPSA) is 63.4 Å². The highest BCUT2D eigenvalue weighted by atomic mass is 19.1. The van der Waals surface area contributed by atoms with E-state index in [0.29, 0.717) is 24.3 Å². The van der Waals surface area contributed by atoms with Gasteiger partial charge in [-0.3, -0.25) is 4.79 Å². The second kappa shape index (κ2) is 7.47. The first-order valence-electron chi connectivity index (χ1n) is 8.30. The number of hydrogen-bond donors (Lipinski definition) is 2. The molecule has 0 aliphatic rings. The molecule has 0 fully saturated rings. The van der Waals surface area contributed by atoms with Crippen molar-refractivity contribution in [1.29, 1.82) is 0 Å². The number of carbonyl (C=O) groups excluding carboxylic acids is 1. The fourth-order valence-electron chi connectivity index (χ4n) is 3.08. The molecule has 3 aromatic rings. The molecule has 1 heterocycles. The van der Waals surface area contributed by atoms with Crippen LogP contribution in [0.1, 0.15) is 12.5 Å². The van der Waals surface area contributed by atoms with Crippen molar-refractivity contribution in [2.24, 2.45) is 0 Å². The summed E-state index contributed by atoms with van der Waals surface area (Å²) in [6, 6.07) is 10.1. The molecule has 2 aromatic carbocycles. The third kappa shape index (κ3) is 3.49. The third-order valence-electron chi connectivity index (χ3n) is 4.29. The van der Waals surface area contributed by atoms with Crippen LogP contribution in [0, 0.1) is 5.82 Å². The molecule has 0 atom stereocenters. The SMILES string of the molecule is COc1ccc2[nH]c(-c3cc(F)ccc3OC)c(CCNC(C)=O)c2c1. The molecule has 1 aromatic heterocycles. The Morgan fingerprint density at radius 3 is 2.65 bits per heavy atom. The lowest BCUT2D eigenvalue weighted by Gasteiger charge is -2.10. The molecule has 26 heavy (non-hydrogen) atoms. The van der Waals surface area contributed by atoms with Crippen LogP contribution in [-0.4, -0.2) is 31.7 Å². The highest BCUT2D eigenvalue weighted by molar-refractivity contribution is 5.93. The summed E-state index contributed by atoms with van der Waals surface area (Å²) in [5, 5.41) is 3.77. The lowest BCUT2D eigenvalue weighted by atomic mass is 10.0. The number of halogens is 1. The van der Waals surface area contributed by atoms with Gasteiger partial charge in [0.1, 0.15) is 17.3 Å². The van der Waals surface area contributed by atoms with Crippen molar-refractivity contribution in [1.82, 2.24) is 10.3 Å². The second-order valence-corrected chi connectivity index (χ2v) is 5.97. The minimum absolute atomic E-state index is 0.0905. The van der Waals surface area contributed by atoms with Crippen LogP contribution in [0.3, 0.4) is 0 Å². The van der Waals surface area contributed by atoms with Gasteiger partial charge < -0.3 is 19.8 Å². The van der Waals surface area contributed by atoms with Crippen LogP contribution in [-0.2, 0) is 11.2 Å². The van der Waals surface area contributed by atoms with E-state index in [0.717, 1.165) is 27.9 Å². The molecule has 2 N–H and O–H groups in total. The van der Waals surface area contributed by atoms with Crippen molar-refractivity contribution in [3.05, 3.63) is 47.8 Å². The van der Waals surface area contributed by atoms with Gasteiger partial charge in [0, 0.05) is 29.9 Å². The number of fused-ring (bicyclic) bond motifs is 1. The first kappa shape index (κ1) is 17.8. The zero-order chi connectivity index (χ0) is 18.7. The molecule has 0 radical (unpaired) electrons. The Morgan fingerprint density at radius 1 is 1.15 bits per heavy atom. The Hall–Kier alpha value is -3.02. The molecule has 0 saturated carbocycles. The number of benzene rings is 2. The predicted molar refractivity (Wildman–Crippen MR) is 99.2 cm³/mol. The number of hydrogen-bond acceptors (Lipinski definition) is 3. The molecule has 6 heteroatoms. The third-order valence-corrected chi connectivity index (χ3v) is 4.29. The van der Waals surface area contributed by atoms with E-state index in [-0.39, 0.29) is 11.7 Å². The van der Waals surface area contributed by atoms with Gasteiger partial charge in [-0.15, -0.1) is 0 Å². The quantitative estimate of drug-likeness (QED) is 0.708. The summed E-state index contributed by atoms with van der Waals surface area (Å²) in [4.78, 5) is 14.6. The van der Waals surface area contributed by atoms with Crippen LogP contribution < -0.4 is 14.8 Å². The minimum atomic E-state index is -0.343. The number of methoxy groups -OCH3 is 2. The molecule has 1 amide bonds. The number of rotatable bonds is 6. The number of aromatic nitrogens is 1. The lowest BCUT2D eigenvalue weighted by Crippen LogP contribution is -2.22. The summed E-state index contributed by atoms with van der Waals surface area (Å²) in [6.07, 6.45) is 0.585. The van der Waals surface area contributed by atoms with Crippen molar-refractivity contribution >= 4 is 16.8 Å². The summed E-state index contributed by atoms with van der Waals surface area (Å²) < 4.78 is 24.6. The fraction of sp³-hybridized carbons (Fsp3) is 0.250. The molecule has 0 aliphatic carbocycles. The van der Waals surface area contributed by atoms with Crippen LogP contribution >= 0.6 is 0 Å². The van der Waals surface area contributed by atoms with Crippen LogP contribution in [0.15, 0.2) is 36.4 Å². The van der Waals surface area contributed by atoms with Gasteiger partial charge in [0.15, 0.2) is 0 Å². The van der Waals surface area contributed by atoms with Gasteiger partial charge >= 0.3 is 0 Å². The van der Waals surface area contributed by atoms with Gasteiger partial charge in [0.05, 0.1) is 19.9 Å². The van der Waals surface area contributed by atoms with Crippen molar-refractivity contribution < 1.29 is 18.7 Å². The molecular weight excluding hydrogens is 335 g/mol.